The Labute approximate surface area is 112 Å². The van der Waals surface area contributed by atoms with Gasteiger partial charge >= 0.3 is 0 Å². The average molecular weight is 251 g/mol. The molecule has 2 saturated carbocycles. The summed E-state index contributed by atoms with van der Waals surface area (Å²) in [5.74, 6) is 1.27. The number of aliphatic hydroxyl groups excluding tert-OH is 1. The number of hydrogen-bond donors (Lipinski definition) is 1. The van der Waals surface area contributed by atoms with Crippen LogP contribution < -0.4 is 0 Å². The Balaban J connectivity index is 1.89. The van der Waals surface area contributed by atoms with Crippen LogP contribution in [0.15, 0.2) is 11.6 Å². The summed E-state index contributed by atoms with van der Waals surface area (Å²) in [5, 5.41) is 10.4. The van der Waals surface area contributed by atoms with Gasteiger partial charge in [-0.1, -0.05) is 24.5 Å². The molecule has 0 aromatic rings. The lowest BCUT2D eigenvalue weighted by Gasteiger charge is -2.42. The SMILES string of the molecule is CC(C)=CC1CCCC(N(C)C(O)C2CCC2)C1. The standard InChI is InChI=1S/C16H29NO/c1-12(2)10-13-6-4-9-15(11-13)17(3)16(18)14-7-5-8-14/h10,13-16,18H,4-9,11H2,1-3H3. The Kier molecular flexibility index (Phi) is 4.85. The summed E-state index contributed by atoms with van der Waals surface area (Å²) in [4.78, 5) is 2.26. The van der Waals surface area contributed by atoms with Gasteiger partial charge in [-0.15, -0.1) is 0 Å². The van der Waals surface area contributed by atoms with E-state index in [2.05, 4.69) is 31.9 Å². The van der Waals surface area contributed by atoms with E-state index in [0.29, 0.717) is 12.0 Å². The monoisotopic (exact) mass is 251 g/mol. The summed E-state index contributed by atoms with van der Waals surface area (Å²) in [7, 11) is 2.12. The molecule has 2 rings (SSSR count). The molecule has 3 atom stereocenters. The molecule has 0 heterocycles. The molecule has 2 aliphatic rings. The second-order valence-electron chi connectivity index (χ2n) is 6.59. The predicted octanol–water partition coefficient (Wildman–Crippen LogP) is 3.56. The Morgan fingerprint density at radius 2 is 1.83 bits per heavy atom. The topological polar surface area (TPSA) is 23.5 Å². The molecule has 2 heteroatoms. The Morgan fingerprint density at radius 1 is 1.17 bits per heavy atom. The van der Waals surface area contributed by atoms with Crippen LogP contribution >= 0.6 is 0 Å². The number of hydrogen-bond acceptors (Lipinski definition) is 2. The van der Waals surface area contributed by atoms with E-state index >= 15 is 0 Å². The van der Waals surface area contributed by atoms with Crippen molar-refractivity contribution in [1.82, 2.24) is 4.90 Å². The van der Waals surface area contributed by atoms with Gasteiger partial charge in [-0.05, 0) is 64.8 Å². The van der Waals surface area contributed by atoms with Gasteiger partial charge in [0.05, 0.1) is 0 Å². The zero-order chi connectivity index (χ0) is 13.1. The van der Waals surface area contributed by atoms with Crippen LogP contribution in [-0.4, -0.2) is 29.3 Å². The molecule has 18 heavy (non-hydrogen) atoms. The first kappa shape index (κ1) is 14.1. The third kappa shape index (κ3) is 3.36. The lowest BCUT2D eigenvalue weighted by atomic mass is 9.81. The zero-order valence-electron chi connectivity index (χ0n) is 12.2. The molecule has 0 amide bonds. The molecule has 2 fully saturated rings. The summed E-state index contributed by atoms with van der Waals surface area (Å²) in [5.41, 5.74) is 1.43. The van der Waals surface area contributed by atoms with Crippen molar-refractivity contribution >= 4 is 0 Å². The minimum Gasteiger partial charge on any atom is -0.378 e. The van der Waals surface area contributed by atoms with Crippen molar-refractivity contribution in [2.24, 2.45) is 11.8 Å². The van der Waals surface area contributed by atoms with Gasteiger partial charge < -0.3 is 5.11 Å². The van der Waals surface area contributed by atoms with E-state index < -0.39 is 0 Å². The van der Waals surface area contributed by atoms with Crippen LogP contribution in [0.4, 0.5) is 0 Å². The van der Waals surface area contributed by atoms with E-state index in [4.69, 9.17) is 0 Å². The first-order valence-corrected chi connectivity index (χ1v) is 7.63. The fourth-order valence-electron chi connectivity index (χ4n) is 3.48. The largest absolute Gasteiger partial charge is 0.378 e. The van der Waals surface area contributed by atoms with Crippen molar-refractivity contribution < 1.29 is 5.11 Å². The molecular weight excluding hydrogens is 222 g/mol. The van der Waals surface area contributed by atoms with Gasteiger partial charge in [0, 0.05) is 6.04 Å². The maximum atomic E-state index is 10.4. The predicted molar refractivity (Wildman–Crippen MR) is 76.3 cm³/mol. The summed E-state index contributed by atoms with van der Waals surface area (Å²) in [6.07, 6.45) is 11.1. The Hall–Kier alpha value is -0.340. The number of nitrogens with zero attached hydrogens (tertiary/aromatic N) is 1. The van der Waals surface area contributed by atoms with E-state index in [1.54, 1.807) is 0 Å². The highest BCUT2D eigenvalue weighted by Crippen LogP contribution is 2.35. The highest BCUT2D eigenvalue weighted by atomic mass is 16.3. The van der Waals surface area contributed by atoms with Crippen molar-refractivity contribution in [3.63, 3.8) is 0 Å². The fraction of sp³-hybridized carbons (Fsp3) is 0.875. The second-order valence-corrected chi connectivity index (χ2v) is 6.59. The highest BCUT2D eigenvalue weighted by Gasteiger charge is 2.33. The quantitative estimate of drug-likeness (QED) is 0.610. The molecule has 3 unspecified atom stereocenters. The van der Waals surface area contributed by atoms with Crippen LogP contribution in [0.1, 0.15) is 58.8 Å². The molecule has 2 nitrogen and oxygen atoms in total. The highest BCUT2D eigenvalue weighted by molar-refractivity contribution is 5.00. The van der Waals surface area contributed by atoms with Gasteiger partial charge in [-0.2, -0.15) is 0 Å². The van der Waals surface area contributed by atoms with Crippen LogP contribution in [0.5, 0.6) is 0 Å². The smallest absolute Gasteiger partial charge is 0.110 e. The van der Waals surface area contributed by atoms with Crippen molar-refractivity contribution in [3.05, 3.63) is 11.6 Å². The lowest BCUT2D eigenvalue weighted by Crippen LogP contribution is -2.47. The van der Waals surface area contributed by atoms with Gasteiger partial charge in [0.1, 0.15) is 6.23 Å². The molecule has 0 aromatic carbocycles. The van der Waals surface area contributed by atoms with Gasteiger partial charge in [0.2, 0.25) is 0 Å². The number of rotatable bonds is 4. The first-order chi connectivity index (χ1) is 8.58. The molecule has 2 aliphatic carbocycles. The van der Waals surface area contributed by atoms with Crippen molar-refractivity contribution in [2.75, 3.05) is 7.05 Å². The minimum atomic E-state index is -0.200. The fourth-order valence-corrected chi connectivity index (χ4v) is 3.48. The van der Waals surface area contributed by atoms with Crippen LogP contribution in [0, 0.1) is 11.8 Å². The summed E-state index contributed by atoms with van der Waals surface area (Å²) in [6, 6.07) is 0.579. The van der Waals surface area contributed by atoms with Gasteiger partial charge in [0.15, 0.2) is 0 Å². The van der Waals surface area contributed by atoms with Crippen molar-refractivity contribution in [3.8, 4) is 0 Å². The molecule has 1 N–H and O–H groups in total. The van der Waals surface area contributed by atoms with Crippen LogP contribution in [-0.2, 0) is 0 Å². The average Bonchev–Trinajstić information content (AvgIpc) is 2.25. The number of aliphatic hydroxyl groups is 1. The van der Waals surface area contributed by atoms with Gasteiger partial charge in [0.25, 0.3) is 0 Å². The van der Waals surface area contributed by atoms with Crippen LogP contribution in [0.2, 0.25) is 0 Å². The van der Waals surface area contributed by atoms with E-state index in [1.807, 2.05) is 0 Å². The van der Waals surface area contributed by atoms with E-state index in [-0.39, 0.29) is 6.23 Å². The molecule has 0 saturated heterocycles. The van der Waals surface area contributed by atoms with Crippen molar-refractivity contribution in [1.29, 1.82) is 0 Å². The van der Waals surface area contributed by atoms with Crippen molar-refractivity contribution in [2.45, 2.75) is 71.1 Å². The Bertz CT molecular complexity index is 291. The summed E-state index contributed by atoms with van der Waals surface area (Å²) in [6.45, 7) is 4.38. The summed E-state index contributed by atoms with van der Waals surface area (Å²) < 4.78 is 0. The lowest BCUT2D eigenvalue weighted by molar-refractivity contribution is -0.0784. The molecule has 0 aliphatic heterocycles. The second kappa shape index (κ2) is 6.21. The molecular formula is C16H29NO. The van der Waals surface area contributed by atoms with E-state index in [9.17, 15) is 5.11 Å². The van der Waals surface area contributed by atoms with E-state index in [0.717, 1.165) is 5.92 Å². The molecule has 0 spiro atoms. The third-order valence-electron chi connectivity index (χ3n) is 4.82. The molecule has 104 valence electrons. The normalized spacial score (nSPS) is 30.9. The molecule has 0 bridgehead atoms. The minimum absolute atomic E-state index is 0.200. The van der Waals surface area contributed by atoms with Crippen LogP contribution in [0.25, 0.3) is 0 Å². The maximum Gasteiger partial charge on any atom is 0.110 e. The van der Waals surface area contributed by atoms with Gasteiger partial charge in [-0.25, -0.2) is 0 Å². The maximum absolute atomic E-state index is 10.4. The van der Waals surface area contributed by atoms with Crippen LogP contribution in [0.3, 0.4) is 0 Å². The molecule has 0 radical (unpaired) electrons. The zero-order valence-corrected chi connectivity index (χ0v) is 12.2. The summed E-state index contributed by atoms with van der Waals surface area (Å²) >= 11 is 0. The number of allylic oxidation sites excluding steroid dienone is 2. The Morgan fingerprint density at radius 3 is 2.39 bits per heavy atom. The molecule has 0 aromatic heterocycles. The first-order valence-electron chi connectivity index (χ1n) is 7.63. The van der Waals surface area contributed by atoms with Gasteiger partial charge in [-0.3, -0.25) is 4.90 Å². The van der Waals surface area contributed by atoms with E-state index in [1.165, 1.54) is 50.5 Å². The third-order valence-corrected chi connectivity index (χ3v) is 4.82.